The highest BCUT2D eigenvalue weighted by atomic mass is 15.1. The van der Waals surface area contributed by atoms with Crippen molar-refractivity contribution in [1.82, 2.24) is 15.2 Å². The first-order chi connectivity index (χ1) is 9.93. The average Bonchev–Trinajstić information content (AvgIpc) is 2.56. The van der Waals surface area contributed by atoms with Crippen molar-refractivity contribution < 1.29 is 0 Å². The molecule has 0 N–H and O–H groups in total. The number of benzene rings is 2. The molecule has 0 saturated heterocycles. The first-order valence-electron chi connectivity index (χ1n) is 6.39. The van der Waals surface area contributed by atoms with Crippen LogP contribution in [0.15, 0.2) is 79.3 Å². The van der Waals surface area contributed by atoms with Crippen molar-refractivity contribution in [2.24, 2.45) is 0 Å². The summed E-state index contributed by atoms with van der Waals surface area (Å²) in [5.74, 6) is 0. The Morgan fingerprint density at radius 2 is 1.30 bits per heavy atom. The summed E-state index contributed by atoms with van der Waals surface area (Å²) in [5.41, 5.74) is 0.949. The van der Waals surface area contributed by atoms with Crippen LogP contribution in [0.1, 0.15) is 0 Å². The van der Waals surface area contributed by atoms with Crippen LogP contribution in [0, 0.1) is 0 Å². The Morgan fingerprint density at radius 3 is 2.10 bits per heavy atom. The molecule has 4 aromatic rings. The van der Waals surface area contributed by atoms with Gasteiger partial charge >= 0.3 is 0 Å². The van der Waals surface area contributed by atoms with Crippen LogP contribution in [-0.2, 0) is 0 Å². The van der Waals surface area contributed by atoms with Crippen molar-refractivity contribution in [2.45, 2.75) is 0 Å². The first-order valence-corrected chi connectivity index (χ1v) is 6.39. The molecule has 0 unspecified atom stereocenters. The minimum atomic E-state index is 0.949. The topological polar surface area (TPSA) is 38.7 Å². The standard InChI is InChI=1S/C9H7N.C8H6N2/c1-2-4-9-7-10-6-5-8(9)3-1;1-2-4-8-7(3-1)5-6-9-10-8/h1-7H;1-6H. The van der Waals surface area contributed by atoms with E-state index in [0.29, 0.717) is 0 Å². The summed E-state index contributed by atoms with van der Waals surface area (Å²) in [7, 11) is 0. The third-order valence-electron chi connectivity index (χ3n) is 2.97. The Balaban J connectivity index is 0.000000121. The second-order valence-corrected chi connectivity index (χ2v) is 4.31. The third kappa shape index (κ3) is 2.78. The van der Waals surface area contributed by atoms with Gasteiger partial charge in [-0.05, 0) is 29.0 Å². The lowest BCUT2D eigenvalue weighted by Crippen LogP contribution is -1.79. The third-order valence-corrected chi connectivity index (χ3v) is 2.97. The number of pyridine rings is 1. The monoisotopic (exact) mass is 259 g/mol. The summed E-state index contributed by atoms with van der Waals surface area (Å²) >= 11 is 0. The van der Waals surface area contributed by atoms with Crippen LogP contribution < -0.4 is 0 Å². The van der Waals surface area contributed by atoms with Gasteiger partial charge in [0.1, 0.15) is 0 Å². The van der Waals surface area contributed by atoms with Gasteiger partial charge in [-0.25, -0.2) is 0 Å². The number of hydrogen-bond acceptors (Lipinski definition) is 3. The molecule has 0 aliphatic rings. The number of rotatable bonds is 0. The molecule has 0 atom stereocenters. The Labute approximate surface area is 116 Å². The summed E-state index contributed by atoms with van der Waals surface area (Å²) in [5, 5.41) is 11.3. The minimum absolute atomic E-state index is 0.949. The van der Waals surface area contributed by atoms with Gasteiger partial charge in [-0.2, -0.15) is 10.2 Å². The highest BCUT2D eigenvalue weighted by Gasteiger charge is 1.88. The van der Waals surface area contributed by atoms with E-state index in [4.69, 9.17) is 0 Å². The zero-order valence-electron chi connectivity index (χ0n) is 10.8. The Morgan fingerprint density at radius 1 is 0.600 bits per heavy atom. The molecule has 0 amide bonds. The molecule has 0 aliphatic heterocycles. The Bertz CT molecular complexity index is 625. The van der Waals surface area contributed by atoms with Gasteiger partial charge in [-0.3, -0.25) is 4.98 Å². The SMILES string of the molecule is c1ccc2cnccc2c1.c1ccc2nnccc2c1. The fraction of sp³-hybridized carbons (Fsp3) is 0. The van der Waals surface area contributed by atoms with Crippen molar-refractivity contribution in [3.05, 3.63) is 79.3 Å². The molecule has 0 saturated carbocycles. The molecule has 0 radical (unpaired) electrons. The zero-order valence-corrected chi connectivity index (χ0v) is 10.8. The van der Waals surface area contributed by atoms with Crippen LogP contribution >= 0.6 is 0 Å². The van der Waals surface area contributed by atoms with E-state index < -0.39 is 0 Å². The highest BCUT2D eigenvalue weighted by molar-refractivity contribution is 5.81. The van der Waals surface area contributed by atoms with E-state index >= 15 is 0 Å². The lowest BCUT2D eigenvalue weighted by atomic mass is 10.2. The normalized spacial score (nSPS) is 10.0. The van der Waals surface area contributed by atoms with E-state index in [1.807, 2.05) is 60.9 Å². The number of fused-ring (bicyclic) bond motifs is 2. The molecule has 4 rings (SSSR count). The molecule has 0 aliphatic carbocycles. The van der Waals surface area contributed by atoms with E-state index in [0.717, 1.165) is 10.9 Å². The Kier molecular flexibility index (Phi) is 3.60. The molecule has 0 fully saturated rings. The summed E-state index contributed by atoms with van der Waals surface area (Å²) in [4.78, 5) is 4.01. The van der Waals surface area contributed by atoms with Gasteiger partial charge in [-0.1, -0.05) is 42.5 Å². The maximum Gasteiger partial charge on any atom is 0.0929 e. The van der Waals surface area contributed by atoms with Gasteiger partial charge < -0.3 is 0 Å². The summed E-state index contributed by atoms with van der Waals surface area (Å²) in [6, 6.07) is 20.1. The molecule has 2 aromatic heterocycles. The van der Waals surface area contributed by atoms with Crippen molar-refractivity contribution in [3.63, 3.8) is 0 Å². The number of hydrogen-bond donors (Lipinski definition) is 0. The lowest BCUT2D eigenvalue weighted by molar-refractivity contribution is 1.08. The molecule has 3 heteroatoms. The summed E-state index contributed by atoms with van der Waals surface area (Å²) in [6.45, 7) is 0. The maximum atomic E-state index is 4.01. The largest absolute Gasteiger partial charge is 0.264 e. The molecule has 96 valence electrons. The van der Waals surface area contributed by atoms with Crippen LogP contribution in [0.3, 0.4) is 0 Å². The van der Waals surface area contributed by atoms with Gasteiger partial charge in [0, 0.05) is 17.8 Å². The number of nitrogens with zero attached hydrogens (tertiary/aromatic N) is 3. The fourth-order valence-corrected chi connectivity index (χ4v) is 1.96. The molecule has 0 spiro atoms. The van der Waals surface area contributed by atoms with E-state index in [2.05, 4.69) is 27.3 Å². The van der Waals surface area contributed by atoms with Crippen molar-refractivity contribution >= 4 is 21.7 Å². The molecular formula is C17H13N3. The minimum Gasteiger partial charge on any atom is -0.264 e. The van der Waals surface area contributed by atoms with Crippen LogP contribution in [0.2, 0.25) is 0 Å². The van der Waals surface area contributed by atoms with E-state index in [1.54, 1.807) is 6.20 Å². The van der Waals surface area contributed by atoms with E-state index in [-0.39, 0.29) is 0 Å². The zero-order chi connectivity index (χ0) is 13.6. The van der Waals surface area contributed by atoms with Gasteiger partial charge in [0.2, 0.25) is 0 Å². The summed E-state index contributed by atoms with van der Waals surface area (Å²) in [6.07, 6.45) is 5.38. The highest BCUT2D eigenvalue weighted by Crippen LogP contribution is 2.09. The van der Waals surface area contributed by atoms with Crippen molar-refractivity contribution in [1.29, 1.82) is 0 Å². The second kappa shape index (κ2) is 5.89. The average molecular weight is 259 g/mol. The molecular weight excluding hydrogens is 246 g/mol. The molecule has 2 heterocycles. The number of aromatic nitrogens is 3. The molecule has 3 nitrogen and oxygen atoms in total. The van der Waals surface area contributed by atoms with Crippen LogP contribution in [0.5, 0.6) is 0 Å². The van der Waals surface area contributed by atoms with E-state index in [9.17, 15) is 0 Å². The Hall–Kier alpha value is -2.81. The van der Waals surface area contributed by atoms with Crippen molar-refractivity contribution in [3.8, 4) is 0 Å². The second-order valence-electron chi connectivity index (χ2n) is 4.31. The molecule has 20 heavy (non-hydrogen) atoms. The molecule has 2 aromatic carbocycles. The molecule has 0 bridgehead atoms. The van der Waals surface area contributed by atoms with E-state index in [1.165, 1.54) is 10.8 Å². The fourth-order valence-electron chi connectivity index (χ4n) is 1.96. The lowest BCUT2D eigenvalue weighted by Gasteiger charge is -1.91. The first kappa shape index (κ1) is 12.2. The van der Waals surface area contributed by atoms with Crippen molar-refractivity contribution in [2.75, 3.05) is 0 Å². The maximum absolute atomic E-state index is 4.01. The smallest absolute Gasteiger partial charge is 0.0929 e. The van der Waals surface area contributed by atoms with Crippen LogP contribution in [-0.4, -0.2) is 15.2 Å². The van der Waals surface area contributed by atoms with Crippen LogP contribution in [0.4, 0.5) is 0 Å². The van der Waals surface area contributed by atoms with Gasteiger partial charge in [0.25, 0.3) is 0 Å². The van der Waals surface area contributed by atoms with Crippen LogP contribution in [0.25, 0.3) is 21.7 Å². The predicted molar refractivity (Wildman–Crippen MR) is 81.3 cm³/mol. The van der Waals surface area contributed by atoms with Gasteiger partial charge in [0.05, 0.1) is 11.7 Å². The van der Waals surface area contributed by atoms with Gasteiger partial charge in [-0.15, -0.1) is 0 Å². The predicted octanol–water partition coefficient (Wildman–Crippen LogP) is 3.86. The summed E-state index contributed by atoms with van der Waals surface area (Å²) < 4.78 is 0. The van der Waals surface area contributed by atoms with Gasteiger partial charge in [0.15, 0.2) is 0 Å². The quantitative estimate of drug-likeness (QED) is 0.481.